The van der Waals surface area contributed by atoms with Crippen LogP contribution in [0.1, 0.15) is 35.5 Å². The van der Waals surface area contributed by atoms with Gasteiger partial charge in [0.25, 0.3) is 5.91 Å². The second-order valence-electron chi connectivity index (χ2n) is 6.98. The topological polar surface area (TPSA) is 79.5 Å². The van der Waals surface area contributed by atoms with Crippen molar-refractivity contribution in [2.24, 2.45) is 0 Å². The summed E-state index contributed by atoms with van der Waals surface area (Å²) in [5, 5.41) is 19.5. The molecule has 0 radical (unpaired) electrons. The Hall–Kier alpha value is -3.29. The largest absolute Gasteiger partial charge is 0.505 e. The van der Waals surface area contributed by atoms with E-state index < -0.39 is 40.5 Å². The third-order valence-corrected chi connectivity index (χ3v) is 4.80. The fourth-order valence-electron chi connectivity index (χ4n) is 3.34. The molecule has 5 nitrogen and oxygen atoms in total. The number of fused-ring (bicyclic) bond motifs is 1. The van der Waals surface area contributed by atoms with Crippen LogP contribution < -0.4 is 0 Å². The lowest BCUT2D eigenvalue weighted by Gasteiger charge is -2.20. The highest BCUT2D eigenvalue weighted by Crippen LogP contribution is 2.38. The molecule has 0 aliphatic rings. The number of aromatic nitrogens is 1. The van der Waals surface area contributed by atoms with Gasteiger partial charge in [-0.3, -0.25) is 14.2 Å². The van der Waals surface area contributed by atoms with E-state index in [0.717, 1.165) is 28.8 Å². The zero-order chi connectivity index (χ0) is 21.0. The molecule has 1 aromatic heterocycles. The molecule has 0 saturated carbocycles. The summed E-state index contributed by atoms with van der Waals surface area (Å²) in [4.78, 5) is 24.8. The lowest BCUT2D eigenvalue weighted by atomic mass is 9.83. The Morgan fingerprint density at radius 2 is 1.64 bits per heavy atom. The van der Waals surface area contributed by atoms with Crippen LogP contribution in [0.5, 0.6) is 5.75 Å². The first-order valence-corrected chi connectivity index (χ1v) is 8.24. The summed E-state index contributed by atoms with van der Waals surface area (Å²) in [7, 11) is 0. The molecule has 146 valence electrons. The van der Waals surface area contributed by atoms with Gasteiger partial charge in [-0.2, -0.15) is 0 Å². The number of hydrogen-bond acceptors (Lipinski definition) is 3. The minimum atomic E-state index is -1.48. The van der Waals surface area contributed by atoms with E-state index in [1.54, 1.807) is 0 Å². The van der Waals surface area contributed by atoms with Crippen molar-refractivity contribution in [3.05, 3.63) is 64.6 Å². The molecule has 3 aromatic rings. The van der Waals surface area contributed by atoms with Gasteiger partial charge < -0.3 is 10.2 Å². The van der Waals surface area contributed by atoms with Gasteiger partial charge >= 0.3 is 5.97 Å². The Bertz CT molecular complexity index is 1150. The highest BCUT2D eigenvalue weighted by molar-refractivity contribution is 6.05. The van der Waals surface area contributed by atoms with Crippen molar-refractivity contribution in [3.8, 4) is 5.75 Å². The number of benzene rings is 2. The third-order valence-electron chi connectivity index (χ3n) is 4.80. The van der Waals surface area contributed by atoms with Crippen LogP contribution in [0, 0.1) is 24.4 Å². The van der Waals surface area contributed by atoms with Gasteiger partial charge in [0.15, 0.2) is 23.2 Å². The molecule has 2 N–H and O–H groups in total. The third kappa shape index (κ3) is 2.81. The van der Waals surface area contributed by atoms with Crippen LogP contribution in [-0.2, 0) is 10.2 Å². The maximum Gasteiger partial charge on any atom is 0.313 e. The fraction of sp³-hybridized carbons (Fsp3) is 0.200. The molecule has 2 aromatic carbocycles. The van der Waals surface area contributed by atoms with Crippen LogP contribution in [0.2, 0.25) is 0 Å². The second-order valence-corrected chi connectivity index (χ2v) is 6.98. The summed E-state index contributed by atoms with van der Waals surface area (Å²) in [6.45, 7) is 4.28. The van der Waals surface area contributed by atoms with Crippen LogP contribution >= 0.6 is 0 Å². The maximum atomic E-state index is 14.0. The van der Waals surface area contributed by atoms with Crippen LogP contribution in [0.25, 0.3) is 10.9 Å². The molecule has 0 bridgehead atoms. The van der Waals surface area contributed by atoms with E-state index in [0.29, 0.717) is 6.07 Å². The summed E-state index contributed by atoms with van der Waals surface area (Å²) >= 11 is 0. The average molecular weight is 391 g/mol. The number of carboxylic acid groups (broad SMARTS) is 1. The van der Waals surface area contributed by atoms with Gasteiger partial charge in [-0.1, -0.05) is 0 Å². The van der Waals surface area contributed by atoms with Crippen molar-refractivity contribution in [1.82, 2.24) is 4.57 Å². The summed E-state index contributed by atoms with van der Waals surface area (Å²) in [6, 6.07) is 4.52. The van der Waals surface area contributed by atoms with Gasteiger partial charge in [0.1, 0.15) is 0 Å². The van der Waals surface area contributed by atoms with Gasteiger partial charge in [-0.05, 0) is 50.6 Å². The average Bonchev–Trinajstić information content (AvgIpc) is 2.88. The second kappa shape index (κ2) is 6.40. The van der Waals surface area contributed by atoms with Crippen LogP contribution in [-0.4, -0.2) is 26.7 Å². The fourth-order valence-corrected chi connectivity index (χ4v) is 3.34. The van der Waals surface area contributed by atoms with Crippen molar-refractivity contribution in [2.45, 2.75) is 26.2 Å². The summed E-state index contributed by atoms with van der Waals surface area (Å²) < 4.78 is 41.8. The molecule has 0 atom stereocenters. The number of hydrogen-bond donors (Lipinski definition) is 2. The SMILES string of the molecule is Cc1c(C(C)(C)C(=O)O)c2cc(O)c(F)cc2n1C(=O)c1ccc(F)c(F)c1. The predicted molar refractivity (Wildman–Crippen MR) is 95.0 cm³/mol. The highest BCUT2D eigenvalue weighted by atomic mass is 19.2. The van der Waals surface area contributed by atoms with E-state index in [1.165, 1.54) is 20.8 Å². The lowest BCUT2D eigenvalue weighted by molar-refractivity contribution is -0.142. The highest BCUT2D eigenvalue weighted by Gasteiger charge is 2.36. The molecule has 0 spiro atoms. The number of aromatic hydroxyl groups is 1. The normalized spacial score (nSPS) is 11.8. The van der Waals surface area contributed by atoms with Gasteiger partial charge in [0.05, 0.1) is 10.9 Å². The molecular weight excluding hydrogens is 375 g/mol. The molecule has 0 unspecified atom stereocenters. The van der Waals surface area contributed by atoms with E-state index in [2.05, 4.69) is 0 Å². The van der Waals surface area contributed by atoms with Gasteiger partial charge in [0, 0.05) is 22.7 Å². The first kappa shape index (κ1) is 19.5. The van der Waals surface area contributed by atoms with Crippen molar-refractivity contribution < 1.29 is 33.0 Å². The van der Waals surface area contributed by atoms with Crippen molar-refractivity contribution >= 4 is 22.8 Å². The number of carbonyl (C=O) groups is 2. The van der Waals surface area contributed by atoms with Crippen LogP contribution in [0.15, 0.2) is 30.3 Å². The molecule has 28 heavy (non-hydrogen) atoms. The quantitative estimate of drug-likeness (QED) is 0.704. The van der Waals surface area contributed by atoms with E-state index in [1.807, 2.05) is 0 Å². The molecule has 0 aliphatic carbocycles. The Balaban J connectivity index is 2.38. The van der Waals surface area contributed by atoms with E-state index in [4.69, 9.17) is 0 Å². The molecule has 0 fully saturated rings. The zero-order valence-electron chi connectivity index (χ0n) is 15.2. The summed E-state index contributed by atoms with van der Waals surface area (Å²) in [6.07, 6.45) is 0. The standard InChI is InChI=1S/C20H16F3NO4/c1-9-17(20(2,3)19(27)28)11-7-16(25)14(23)8-15(11)24(9)18(26)10-4-5-12(21)13(22)6-10/h4-8,25H,1-3H3,(H,27,28). The Morgan fingerprint density at radius 1 is 1.00 bits per heavy atom. The van der Waals surface area contributed by atoms with Crippen molar-refractivity contribution in [3.63, 3.8) is 0 Å². The van der Waals surface area contributed by atoms with E-state index in [9.17, 15) is 33.0 Å². The van der Waals surface area contributed by atoms with Crippen LogP contribution in [0.4, 0.5) is 13.2 Å². The molecule has 1 heterocycles. The van der Waals surface area contributed by atoms with Crippen LogP contribution in [0.3, 0.4) is 0 Å². The molecule has 0 aliphatic heterocycles. The number of phenolic OH excluding ortho intramolecular Hbond substituents is 1. The minimum Gasteiger partial charge on any atom is -0.505 e. The maximum absolute atomic E-state index is 14.0. The zero-order valence-corrected chi connectivity index (χ0v) is 15.2. The molecule has 3 rings (SSSR count). The summed E-state index contributed by atoms with van der Waals surface area (Å²) in [5.41, 5.74) is -1.30. The summed E-state index contributed by atoms with van der Waals surface area (Å²) in [5.74, 6) is -6.06. The minimum absolute atomic E-state index is 0.00635. The number of phenols is 1. The monoisotopic (exact) mass is 391 g/mol. The number of halogens is 3. The van der Waals surface area contributed by atoms with Gasteiger partial charge in [-0.25, -0.2) is 13.2 Å². The van der Waals surface area contributed by atoms with E-state index >= 15 is 0 Å². The first-order valence-electron chi connectivity index (χ1n) is 8.24. The number of aliphatic carboxylic acids is 1. The Labute approximate surface area is 157 Å². The van der Waals surface area contributed by atoms with E-state index in [-0.39, 0.29) is 27.7 Å². The van der Waals surface area contributed by atoms with Crippen molar-refractivity contribution in [2.75, 3.05) is 0 Å². The molecule has 8 heteroatoms. The number of nitrogens with zero attached hydrogens (tertiary/aromatic N) is 1. The first-order chi connectivity index (χ1) is 13.0. The van der Waals surface area contributed by atoms with Gasteiger partial charge in [-0.15, -0.1) is 0 Å². The molecule has 0 saturated heterocycles. The Morgan fingerprint density at radius 3 is 2.21 bits per heavy atom. The molecular formula is C20H16F3NO4. The lowest BCUT2D eigenvalue weighted by Crippen LogP contribution is -2.29. The molecule has 0 amide bonds. The van der Waals surface area contributed by atoms with Crippen molar-refractivity contribution in [1.29, 1.82) is 0 Å². The number of carbonyl (C=O) groups excluding carboxylic acids is 1. The Kier molecular flexibility index (Phi) is 4.45. The smallest absolute Gasteiger partial charge is 0.313 e. The predicted octanol–water partition coefficient (Wildman–Crippen LogP) is 4.12. The number of rotatable bonds is 3. The number of carboxylic acids is 1. The van der Waals surface area contributed by atoms with Gasteiger partial charge in [0.2, 0.25) is 0 Å².